The largest absolute Gasteiger partial charge is 0.453 e. The van der Waals surface area contributed by atoms with Crippen molar-refractivity contribution in [2.75, 3.05) is 0 Å². The fourth-order valence-corrected chi connectivity index (χ4v) is 2.45. The van der Waals surface area contributed by atoms with Crippen LogP contribution in [0.1, 0.15) is 54.3 Å². The molecule has 1 aliphatic rings. The molecule has 0 bridgehead atoms. The van der Waals surface area contributed by atoms with Gasteiger partial charge >= 0.3 is 0 Å². The molecule has 1 saturated carbocycles. The molecule has 0 N–H and O–H groups in total. The molecule has 0 saturated heterocycles. The number of furan rings is 1. The smallest absolute Gasteiger partial charge is 0.201 e. The highest BCUT2D eigenvalue weighted by Gasteiger charge is 2.32. The fourth-order valence-electron chi connectivity index (χ4n) is 2.45. The molecule has 3 rings (SSSR count). The van der Waals surface area contributed by atoms with Crippen molar-refractivity contribution in [1.29, 1.82) is 0 Å². The summed E-state index contributed by atoms with van der Waals surface area (Å²) in [5.41, 5.74) is 3.24. The number of hydrogen-bond donors (Lipinski definition) is 0. The molecule has 18 heavy (non-hydrogen) atoms. The summed E-state index contributed by atoms with van der Waals surface area (Å²) in [6.45, 7) is 6.36. The third-order valence-corrected chi connectivity index (χ3v) is 3.73. The minimum Gasteiger partial charge on any atom is -0.453 e. The number of ketones is 1. The Hall–Kier alpha value is -1.57. The number of aryl methyl sites for hydroxylation is 1. The monoisotopic (exact) mass is 242 g/mol. The molecule has 0 atom stereocenters. The Morgan fingerprint density at radius 3 is 2.67 bits per heavy atom. The number of fused-ring (bicyclic) bond motifs is 1. The van der Waals surface area contributed by atoms with Crippen LogP contribution >= 0.6 is 0 Å². The average Bonchev–Trinajstić information content (AvgIpc) is 3.07. The molecule has 1 aromatic heterocycles. The Kier molecular flexibility index (Phi) is 2.54. The maximum atomic E-state index is 12.1. The molecule has 0 amide bonds. The minimum absolute atomic E-state index is 0.181. The van der Waals surface area contributed by atoms with Gasteiger partial charge in [0.25, 0.3) is 0 Å². The summed E-state index contributed by atoms with van der Waals surface area (Å²) in [5, 5.41) is 1.11. The van der Waals surface area contributed by atoms with Crippen molar-refractivity contribution in [1.82, 2.24) is 0 Å². The van der Waals surface area contributed by atoms with Gasteiger partial charge in [-0.1, -0.05) is 26.0 Å². The number of carbonyl (C=O) groups excluding carboxylic acids is 1. The zero-order valence-corrected chi connectivity index (χ0v) is 11.1. The van der Waals surface area contributed by atoms with Gasteiger partial charge in [-0.05, 0) is 42.9 Å². The van der Waals surface area contributed by atoms with Gasteiger partial charge in [-0.2, -0.15) is 0 Å². The second-order valence-corrected chi connectivity index (χ2v) is 5.62. The number of rotatable bonds is 3. The quantitative estimate of drug-likeness (QED) is 0.744. The van der Waals surface area contributed by atoms with Crippen molar-refractivity contribution >= 4 is 16.8 Å². The summed E-state index contributed by atoms with van der Waals surface area (Å²) in [7, 11) is 0. The molecule has 94 valence electrons. The van der Waals surface area contributed by atoms with Crippen molar-refractivity contribution in [2.45, 2.75) is 39.5 Å². The molecule has 1 fully saturated rings. The van der Waals surface area contributed by atoms with E-state index < -0.39 is 0 Å². The van der Waals surface area contributed by atoms with Gasteiger partial charge in [0.05, 0.1) is 0 Å². The Labute approximate surface area is 107 Å². The van der Waals surface area contributed by atoms with Gasteiger partial charge in [0.1, 0.15) is 5.58 Å². The standard InChI is InChI=1S/C16H18O2/c1-9(2)12-7-4-10(3)16-13(12)8-14(18-16)15(17)11-5-6-11/h4,7-9,11H,5-6H2,1-3H3. The summed E-state index contributed by atoms with van der Waals surface area (Å²) < 4.78 is 5.80. The van der Waals surface area contributed by atoms with Crippen molar-refractivity contribution < 1.29 is 9.21 Å². The normalized spacial score (nSPS) is 15.6. The first-order chi connectivity index (χ1) is 8.58. The number of carbonyl (C=O) groups is 1. The maximum absolute atomic E-state index is 12.1. The molecule has 0 aliphatic heterocycles. The molecular formula is C16H18O2. The molecule has 0 radical (unpaired) electrons. The molecule has 2 nitrogen and oxygen atoms in total. The van der Waals surface area contributed by atoms with E-state index in [4.69, 9.17) is 4.42 Å². The Balaban J connectivity index is 2.17. The summed E-state index contributed by atoms with van der Waals surface area (Å²) in [6, 6.07) is 6.16. The van der Waals surface area contributed by atoms with E-state index in [-0.39, 0.29) is 11.7 Å². The van der Waals surface area contributed by atoms with Crippen molar-refractivity contribution in [2.24, 2.45) is 5.92 Å². The molecule has 0 spiro atoms. The third-order valence-electron chi connectivity index (χ3n) is 3.73. The van der Waals surface area contributed by atoms with Gasteiger partial charge in [-0.25, -0.2) is 0 Å². The van der Waals surface area contributed by atoms with Crippen molar-refractivity contribution in [3.63, 3.8) is 0 Å². The highest BCUT2D eigenvalue weighted by molar-refractivity contribution is 6.01. The Morgan fingerprint density at radius 1 is 1.33 bits per heavy atom. The predicted octanol–water partition coefficient (Wildman–Crippen LogP) is 4.46. The van der Waals surface area contributed by atoms with E-state index in [0.717, 1.165) is 29.4 Å². The van der Waals surface area contributed by atoms with Gasteiger partial charge in [0.2, 0.25) is 5.78 Å². The molecule has 1 aromatic carbocycles. The zero-order valence-electron chi connectivity index (χ0n) is 11.1. The van der Waals surface area contributed by atoms with Crippen LogP contribution in [0.4, 0.5) is 0 Å². The lowest BCUT2D eigenvalue weighted by molar-refractivity contribution is 0.0942. The molecule has 1 heterocycles. The van der Waals surface area contributed by atoms with Crippen LogP contribution in [0.25, 0.3) is 11.0 Å². The molecule has 0 unspecified atom stereocenters. The lowest BCUT2D eigenvalue weighted by Gasteiger charge is -2.07. The first kappa shape index (κ1) is 11.5. The first-order valence-electron chi connectivity index (χ1n) is 6.65. The van der Waals surface area contributed by atoms with Crippen LogP contribution in [0.2, 0.25) is 0 Å². The van der Waals surface area contributed by atoms with Crippen molar-refractivity contribution in [3.05, 3.63) is 35.1 Å². The molecule has 2 heteroatoms. The van der Waals surface area contributed by atoms with Crippen LogP contribution in [0, 0.1) is 12.8 Å². The second kappa shape index (κ2) is 3.98. The highest BCUT2D eigenvalue weighted by atomic mass is 16.3. The van der Waals surface area contributed by atoms with Gasteiger partial charge in [-0.15, -0.1) is 0 Å². The van der Waals surface area contributed by atoms with Crippen LogP contribution in [0.3, 0.4) is 0 Å². The van der Waals surface area contributed by atoms with E-state index in [9.17, 15) is 4.79 Å². The first-order valence-corrected chi connectivity index (χ1v) is 6.65. The highest BCUT2D eigenvalue weighted by Crippen LogP contribution is 2.36. The molecule has 1 aliphatic carbocycles. The lowest BCUT2D eigenvalue weighted by atomic mass is 9.97. The Morgan fingerprint density at radius 2 is 2.06 bits per heavy atom. The summed E-state index contributed by atoms with van der Waals surface area (Å²) in [6.07, 6.45) is 2.04. The van der Waals surface area contributed by atoms with E-state index in [1.807, 2.05) is 13.0 Å². The predicted molar refractivity (Wildman–Crippen MR) is 72.1 cm³/mol. The number of Topliss-reactive ketones (excluding diaryl/α,β-unsaturated/α-hetero) is 1. The third kappa shape index (κ3) is 1.76. The van der Waals surface area contributed by atoms with Crippen molar-refractivity contribution in [3.8, 4) is 0 Å². The topological polar surface area (TPSA) is 30.2 Å². The van der Waals surface area contributed by atoms with E-state index in [1.165, 1.54) is 5.56 Å². The average molecular weight is 242 g/mol. The van der Waals surface area contributed by atoms with Gasteiger partial charge in [0.15, 0.2) is 5.76 Å². The molecular weight excluding hydrogens is 224 g/mol. The van der Waals surface area contributed by atoms with E-state index in [2.05, 4.69) is 26.0 Å². The van der Waals surface area contributed by atoms with Gasteiger partial charge < -0.3 is 4.42 Å². The summed E-state index contributed by atoms with van der Waals surface area (Å²) in [4.78, 5) is 12.1. The summed E-state index contributed by atoms with van der Waals surface area (Å²) >= 11 is 0. The number of hydrogen-bond acceptors (Lipinski definition) is 2. The minimum atomic E-state index is 0.181. The molecule has 2 aromatic rings. The van der Waals surface area contributed by atoms with Crippen LogP contribution in [-0.4, -0.2) is 5.78 Å². The van der Waals surface area contributed by atoms with Crippen LogP contribution < -0.4 is 0 Å². The van der Waals surface area contributed by atoms with Gasteiger partial charge in [0, 0.05) is 11.3 Å². The lowest BCUT2D eigenvalue weighted by Crippen LogP contribution is -1.98. The Bertz CT molecular complexity index is 615. The SMILES string of the molecule is Cc1ccc(C(C)C)c2cc(C(=O)C3CC3)oc12. The fraction of sp³-hybridized carbons (Fsp3) is 0.438. The maximum Gasteiger partial charge on any atom is 0.201 e. The van der Waals surface area contributed by atoms with E-state index >= 15 is 0 Å². The van der Waals surface area contributed by atoms with E-state index in [0.29, 0.717) is 11.7 Å². The van der Waals surface area contributed by atoms with Crippen LogP contribution in [0.15, 0.2) is 22.6 Å². The zero-order chi connectivity index (χ0) is 12.9. The van der Waals surface area contributed by atoms with E-state index in [1.54, 1.807) is 0 Å². The summed E-state index contributed by atoms with van der Waals surface area (Å²) in [5.74, 6) is 1.38. The van der Waals surface area contributed by atoms with Gasteiger partial charge in [-0.3, -0.25) is 4.79 Å². The van der Waals surface area contributed by atoms with Crippen LogP contribution in [0.5, 0.6) is 0 Å². The second-order valence-electron chi connectivity index (χ2n) is 5.62. The number of benzene rings is 1. The van der Waals surface area contributed by atoms with Crippen LogP contribution in [-0.2, 0) is 0 Å².